The Bertz CT molecular complexity index is 595. The molecular formula is C16H19NO2S2. The lowest BCUT2D eigenvalue weighted by Gasteiger charge is -2.10. The quantitative estimate of drug-likeness (QED) is 0.613. The monoisotopic (exact) mass is 321 g/mol. The second kappa shape index (κ2) is 8.10. The number of benzene rings is 1. The molecule has 1 N–H and O–H groups in total. The number of methoxy groups -OCH3 is 1. The van der Waals surface area contributed by atoms with Crippen LogP contribution in [-0.2, 0) is 22.5 Å². The molecule has 0 aliphatic carbocycles. The van der Waals surface area contributed by atoms with Crippen LogP contribution in [0.3, 0.4) is 0 Å². The highest BCUT2D eigenvalue weighted by atomic mass is 32.2. The summed E-state index contributed by atoms with van der Waals surface area (Å²) >= 11 is 3.48. The number of carbonyl (C=O) groups is 1. The van der Waals surface area contributed by atoms with Crippen molar-refractivity contribution in [3.8, 4) is 0 Å². The van der Waals surface area contributed by atoms with E-state index in [1.165, 1.54) is 16.9 Å². The van der Waals surface area contributed by atoms with Gasteiger partial charge in [-0.2, -0.15) is 0 Å². The lowest BCUT2D eigenvalue weighted by Crippen LogP contribution is -2.02. The summed E-state index contributed by atoms with van der Waals surface area (Å²) in [5.41, 5.74) is 1.16. The van der Waals surface area contributed by atoms with Crippen LogP contribution in [0.5, 0.6) is 0 Å². The third-order valence-electron chi connectivity index (χ3n) is 2.90. The molecule has 0 bridgehead atoms. The molecule has 0 aliphatic heterocycles. The summed E-state index contributed by atoms with van der Waals surface area (Å²) in [7, 11) is 1.42. The Morgan fingerprint density at radius 2 is 2.00 bits per heavy atom. The maximum atomic E-state index is 11.3. The molecule has 3 nitrogen and oxygen atoms in total. The lowest BCUT2D eigenvalue weighted by molar-refractivity contribution is -0.139. The van der Waals surface area contributed by atoms with Crippen LogP contribution in [-0.4, -0.2) is 18.8 Å². The number of esters is 1. The number of hydrogen-bond donors (Lipinski definition) is 1. The molecule has 0 radical (unpaired) electrons. The first-order valence-corrected chi connectivity index (χ1v) is 8.63. The van der Waals surface area contributed by atoms with Crippen molar-refractivity contribution in [3.05, 3.63) is 46.2 Å². The number of nitrogens with one attached hydrogen (secondary N) is 1. The van der Waals surface area contributed by atoms with Crippen molar-refractivity contribution in [2.75, 3.05) is 18.2 Å². The molecule has 0 saturated carbocycles. The van der Waals surface area contributed by atoms with Crippen LogP contribution in [0, 0.1) is 0 Å². The van der Waals surface area contributed by atoms with Gasteiger partial charge in [0, 0.05) is 26.9 Å². The van der Waals surface area contributed by atoms with Crippen molar-refractivity contribution >= 4 is 34.8 Å². The highest BCUT2D eigenvalue weighted by Gasteiger charge is 2.07. The molecule has 1 aromatic heterocycles. The highest BCUT2D eigenvalue weighted by molar-refractivity contribution is 7.99. The molecule has 112 valence electrons. The molecule has 2 aromatic rings. The van der Waals surface area contributed by atoms with Crippen LogP contribution < -0.4 is 5.32 Å². The van der Waals surface area contributed by atoms with Gasteiger partial charge >= 0.3 is 5.97 Å². The van der Waals surface area contributed by atoms with Crippen molar-refractivity contribution in [3.63, 3.8) is 0 Å². The maximum Gasteiger partial charge on any atom is 0.310 e. The maximum absolute atomic E-state index is 11.3. The van der Waals surface area contributed by atoms with Gasteiger partial charge in [-0.05, 0) is 30.0 Å². The van der Waals surface area contributed by atoms with E-state index in [4.69, 9.17) is 0 Å². The Balaban J connectivity index is 1.95. The second-order valence-corrected chi connectivity index (χ2v) is 6.96. The molecule has 5 heteroatoms. The van der Waals surface area contributed by atoms with E-state index in [0.717, 1.165) is 22.9 Å². The van der Waals surface area contributed by atoms with Crippen molar-refractivity contribution in [2.45, 2.75) is 24.8 Å². The summed E-state index contributed by atoms with van der Waals surface area (Å²) in [6, 6.07) is 12.4. The molecule has 0 saturated heterocycles. The summed E-state index contributed by atoms with van der Waals surface area (Å²) in [5.74, 6) is 0.863. The van der Waals surface area contributed by atoms with E-state index in [1.54, 1.807) is 11.3 Å². The van der Waals surface area contributed by atoms with Crippen molar-refractivity contribution in [1.82, 2.24) is 0 Å². The lowest BCUT2D eigenvalue weighted by atomic mass is 10.3. The van der Waals surface area contributed by atoms with E-state index in [0.29, 0.717) is 6.42 Å². The third kappa shape index (κ3) is 4.79. The first-order valence-electron chi connectivity index (χ1n) is 6.83. The van der Waals surface area contributed by atoms with E-state index < -0.39 is 0 Å². The Morgan fingerprint density at radius 1 is 1.24 bits per heavy atom. The van der Waals surface area contributed by atoms with Crippen LogP contribution in [0.1, 0.15) is 16.7 Å². The molecule has 0 amide bonds. The van der Waals surface area contributed by atoms with Gasteiger partial charge in [-0.1, -0.05) is 19.1 Å². The van der Waals surface area contributed by atoms with E-state index in [-0.39, 0.29) is 5.97 Å². The largest absolute Gasteiger partial charge is 0.469 e. The fraction of sp³-hybridized carbons (Fsp3) is 0.312. The Labute approximate surface area is 133 Å². The standard InChI is InChI=1S/C16H19NO2S2/c1-3-20-15-7-5-4-6-14(15)17-11-13-9-8-12(21-13)10-16(18)19-2/h4-9,17H,3,10-11H2,1-2H3. The Kier molecular flexibility index (Phi) is 6.14. The van der Waals surface area contributed by atoms with Gasteiger partial charge in [-0.25, -0.2) is 0 Å². The zero-order valence-electron chi connectivity index (χ0n) is 12.2. The zero-order valence-corrected chi connectivity index (χ0v) is 13.9. The first-order chi connectivity index (χ1) is 10.2. The van der Waals surface area contributed by atoms with E-state index in [1.807, 2.05) is 23.9 Å². The smallest absolute Gasteiger partial charge is 0.310 e. The van der Waals surface area contributed by atoms with E-state index in [2.05, 4.69) is 41.2 Å². The number of anilines is 1. The number of rotatable bonds is 7. The van der Waals surface area contributed by atoms with Gasteiger partial charge in [0.25, 0.3) is 0 Å². The van der Waals surface area contributed by atoms with E-state index >= 15 is 0 Å². The number of carbonyl (C=O) groups excluding carboxylic acids is 1. The molecule has 1 aromatic carbocycles. The predicted molar refractivity (Wildman–Crippen MR) is 90.2 cm³/mol. The summed E-state index contributed by atoms with van der Waals surface area (Å²) in [5, 5.41) is 3.47. The number of ether oxygens (including phenoxy) is 1. The minimum absolute atomic E-state index is 0.193. The van der Waals surface area contributed by atoms with Crippen molar-refractivity contribution < 1.29 is 9.53 Å². The van der Waals surface area contributed by atoms with Crippen molar-refractivity contribution in [2.24, 2.45) is 0 Å². The molecule has 0 unspecified atom stereocenters. The number of para-hydroxylation sites is 1. The molecular weight excluding hydrogens is 302 g/mol. The SMILES string of the molecule is CCSc1ccccc1NCc1ccc(CC(=O)OC)s1. The van der Waals surface area contributed by atoms with Gasteiger partial charge in [0.2, 0.25) is 0 Å². The molecule has 0 atom stereocenters. The van der Waals surface area contributed by atoms with Crippen LogP contribution in [0.15, 0.2) is 41.3 Å². The van der Waals surface area contributed by atoms with Gasteiger partial charge in [-0.15, -0.1) is 23.1 Å². The van der Waals surface area contributed by atoms with Crippen LogP contribution in [0.25, 0.3) is 0 Å². The highest BCUT2D eigenvalue weighted by Crippen LogP contribution is 2.27. The van der Waals surface area contributed by atoms with E-state index in [9.17, 15) is 4.79 Å². The summed E-state index contributed by atoms with van der Waals surface area (Å²) < 4.78 is 4.68. The normalized spacial score (nSPS) is 10.4. The van der Waals surface area contributed by atoms with Gasteiger partial charge in [-0.3, -0.25) is 4.79 Å². The number of thiophene rings is 1. The van der Waals surface area contributed by atoms with Crippen LogP contribution >= 0.6 is 23.1 Å². The average Bonchev–Trinajstić information content (AvgIpc) is 2.94. The van der Waals surface area contributed by atoms with Crippen LogP contribution in [0.4, 0.5) is 5.69 Å². The second-order valence-electron chi connectivity index (χ2n) is 4.40. The molecule has 1 heterocycles. The average molecular weight is 321 g/mol. The number of hydrogen-bond acceptors (Lipinski definition) is 5. The third-order valence-corrected chi connectivity index (χ3v) is 4.94. The predicted octanol–water partition coefficient (Wildman–Crippen LogP) is 4.19. The number of thioether (sulfide) groups is 1. The fourth-order valence-electron chi connectivity index (χ4n) is 1.90. The van der Waals surface area contributed by atoms with Gasteiger partial charge < -0.3 is 10.1 Å². The molecule has 0 spiro atoms. The topological polar surface area (TPSA) is 38.3 Å². The van der Waals surface area contributed by atoms with Crippen LogP contribution in [0.2, 0.25) is 0 Å². The van der Waals surface area contributed by atoms with Gasteiger partial charge in [0.1, 0.15) is 0 Å². The molecule has 21 heavy (non-hydrogen) atoms. The molecule has 0 fully saturated rings. The van der Waals surface area contributed by atoms with Crippen molar-refractivity contribution in [1.29, 1.82) is 0 Å². The molecule has 0 aliphatic rings. The van der Waals surface area contributed by atoms with Gasteiger partial charge in [0.05, 0.1) is 13.5 Å². The summed E-state index contributed by atoms with van der Waals surface area (Å²) in [6.07, 6.45) is 0.351. The Morgan fingerprint density at radius 3 is 2.76 bits per heavy atom. The zero-order chi connectivity index (χ0) is 15.1. The summed E-state index contributed by atoms with van der Waals surface area (Å²) in [6.45, 7) is 2.92. The molecule has 2 rings (SSSR count). The Hall–Kier alpha value is -1.46. The summed E-state index contributed by atoms with van der Waals surface area (Å²) in [4.78, 5) is 14.8. The fourth-order valence-corrected chi connectivity index (χ4v) is 3.63. The minimum Gasteiger partial charge on any atom is -0.469 e. The van der Waals surface area contributed by atoms with Gasteiger partial charge in [0.15, 0.2) is 0 Å². The minimum atomic E-state index is -0.193. The first kappa shape index (κ1) is 15.9.